The molecule has 1 amide bonds. The van der Waals surface area contributed by atoms with Crippen LogP contribution in [0.2, 0.25) is 5.02 Å². The van der Waals surface area contributed by atoms with E-state index in [0.717, 1.165) is 32.1 Å². The van der Waals surface area contributed by atoms with Crippen molar-refractivity contribution in [1.29, 1.82) is 0 Å². The molecule has 1 aliphatic carbocycles. The topological polar surface area (TPSA) is 38.3 Å². The van der Waals surface area contributed by atoms with E-state index in [9.17, 15) is 4.79 Å². The van der Waals surface area contributed by atoms with Crippen molar-refractivity contribution in [3.05, 3.63) is 29.3 Å². The Kier molecular flexibility index (Phi) is 4.34. The minimum Gasteiger partial charge on any atom is -0.429 e. The molecule has 1 saturated carbocycles. The quantitative estimate of drug-likeness (QED) is 0.822. The predicted octanol–water partition coefficient (Wildman–Crippen LogP) is 4.22. The van der Waals surface area contributed by atoms with Gasteiger partial charge in [-0.05, 0) is 43.9 Å². The number of anilines is 1. The van der Waals surface area contributed by atoms with Gasteiger partial charge in [-0.25, -0.2) is 4.79 Å². The van der Waals surface area contributed by atoms with Crippen LogP contribution in [0.1, 0.15) is 32.1 Å². The summed E-state index contributed by atoms with van der Waals surface area (Å²) in [6.45, 7) is 0. The van der Waals surface area contributed by atoms with Crippen LogP contribution in [0.15, 0.2) is 24.3 Å². The molecule has 1 fully saturated rings. The summed E-state index contributed by atoms with van der Waals surface area (Å²) in [5, 5.41) is 3.21. The molecule has 100 valence electrons. The number of ether oxygens (including phenoxy) is 1. The van der Waals surface area contributed by atoms with Crippen molar-refractivity contribution >= 4 is 23.4 Å². The SMILES string of the molecule is C#CC1(OC(=O)Nc2cccc(Cl)c2)CCCCC1. The standard InChI is InChI=1S/C15H16ClNO2/c1-2-15(9-4-3-5-10-15)19-14(18)17-13-8-6-7-12(16)11-13/h1,6-8,11H,3-5,9-10H2,(H,17,18). The lowest BCUT2D eigenvalue weighted by atomic mass is 9.85. The molecule has 1 aliphatic rings. The van der Waals surface area contributed by atoms with Gasteiger partial charge < -0.3 is 4.74 Å². The third kappa shape index (κ3) is 3.65. The van der Waals surface area contributed by atoms with Crippen LogP contribution >= 0.6 is 11.6 Å². The van der Waals surface area contributed by atoms with Crippen LogP contribution < -0.4 is 5.32 Å². The highest BCUT2D eigenvalue weighted by Crippen LogP contribution is 2.31. The first-order valence-electron chi connectivity index (χ1n) is 6.37. The van der Waals surface area contributed by atoms with Crippen molar-refractivity contribution in [3.63, 3.8) is 0 Å². The van der Waals surface area contributed by atoms with Gasteiger partial charge >= 0.3 is 6.09 Å². The van der Waals surface area contributed by atoms with Gasteiger partial charge in [-0.2, -0.15) is 0 Å². The molecule has 3 nitrogen and oxygen atoms in total. The first kappa shape index (κ1) is 13.8. The third-order valence-corrected chi connectivity index (χ3v) is 3.52. The van der Waals surface area contributed by atoms with E-state index in [1.165, 1.54) is 0 Å². The molecule has 1 N–H and O–H groups in total. The molecular weight excluding hydrogens is 262 g/mol. The maximum atomic E-state index is 11.9. The zero-order valence-corrected chi connectivity index (χ0v) is 11.4. The summed E-state index contributed by atoms with van der Waals surface area (Å²) < 4.78 is 5.44. The minimum atomic E-state index is -0.749. The predicted molar refractivity (Wildman–Crippen MR) is 76.2 cm³/mol. The number of terminal acetylenes is 1. The molecule has 0 bridgehead atoms. The van der Waals surface area contributed by atoms with Crippen molar-refractivity contribution in [2.75, 3.05) is 5.32 Å². The van der Waals surface area contributed by atoms with Gasteiger partial charge in [0.2, 0.25) is 0 Å². The van der Waals surface area contributed by atoms with Gasteiger partial charge in [0.25, 0.3) is 0 Å². The molecule has 0 aliphatic heterocycles. The van der Waals surface area contributed by atoms with Crippen molar-refractivity contribution in [2.24, 2.45) is 0 Å². The van der Waals surface area contributed by atoms with Crippen LogP contribution in [-0.2, 0) is 4.74 Å². The summed E-state index contributed by atoms with van der Waals surface area (Å²) in [6, 6.07) is 6.90. The van der Waals surface area contributed by atoms with Gasteiger partial charge in [-0.3, -0.25) is 5.32 Å². The van der Waals surface area contributed by atoms with E-state index in [-0.39, 0.29) is 0 Å². The fraction of sp³-hybridized carbons (Fsp3) is 0.400. The Labute approximate surface area is 118 Å². The second kappa shape index (κ2) is 5.99. The molecule has 0 saturated heterocycles. The van der Waals surface area contributed by atoms with Crippen molar-refractivity contribution < 1.29 is 9.53 Å². The van der Waals surface area contributed by atoms with Crippen LogP contribution in [0.25, 0.3) is 0 Å². The van der Waals surface area contributed by atoms with Crippen molar-refractivity contribution in [2.45, 2.75) is 37.7 Å². The lowest BCUT2D eigenvalue weighted by Gasteiger charge is -2.31. The molecule has 1 aromatic rings. The summed E-state index contributed by atoms with van der Waals surface area (Å²) in [5.41, 5.74) is -0.151. The first-order chi connectivity index (χ1) is 9.13. The molecule has 0 unspecified atom stereocenters. The highest BCUT2D eigenvalue weighted by molar-refractivity contribution is 6.30. The van der Waals surface area contributed by atoms with Crippen molar-refractivity contribution in [3.8, 4) is 12.3 Å². The Morgan fingerprint density at radius 3 is 2.74 bits per heavy atom. The summed E-state index contributed by atoms with van der Waals surface area (Å²) in [6.07, 6.45) is 9.59. The van der Waals surface area contributed by atoms with E-state index in [2.05, 4.69) is 11.2 Å². The number of carbonyl (C=O) groups excluding carboxylic acids is 1. The van der Waals surface area contributed by atoms with Gasteiger partial charge in [0.15, 0.2) is 5.60 Å². The average Bonchev–Trinajstić information content (AvgIpc) is 2.39. The van der Waals surface area contributed by atoms with Crippen LogP contribution in [0.5, 0.6) is 0 Å². The first-order valence-corrected chi connectivity index (χ1v) is 6.75. The second-order valence-corrected chi connectivity index (χ2v) is 5.16. The molecule has 0 atom stereocenters. The molecule has 0 spiro atoms. The highest BCUT2D eigenvalue weighted by Gasteiger charge is 2.33. The number of hydrogen-bond acceptors (Lipinski definition) is 2. The fourth-order valence-electron chi connectivity index (χ4n) is 2.29. The Balaban J connectivity index is 1.99. The van der Waals surface area contributed by atoms with Crippen LogP contribution in [-0.4, -0.2) is 11.7 Å². The molecule has 2 rings (SSSR count). The minimum absolute atomic E-state index is 0.526. The maximum absolute atomic E-state index is 11.9. The lowest BCUT2D eigenvalue weighted by molar-refractivity contribution is 0.0365. The van der Waals surface area contributed by atoms with Crippen LogP contribution in [0, 0.1) is 12.3 Å². The Hall–Kier alpha value is -1.66. The number of nitrogens with one attached hydrogen (secondary N) is 1. The van der Waals surface area contributed by atoms with Crippen LogP contribution in [0.3, 0.4) is 0 Å². The fourth-order valence-corrected chi connectivity index (χ4v) is 2.48. The number of carbonyl (C=O) groups is 1. The number of amides is 1. The smallest absolute Gasteiger partial charge is 0.413 e. The van der Waals surface area contributed by atoms with E-state index in [0.29, 0.717) is 10.7 Å². The van der Waals surface area contributed by atoms with Gasteiger partial charge in [-0.15, -0.1) is 6.42 Å². The second-order valence-electron chi connectivity index (χ2n) is 4.72. The Morgan fingerprint density at radius 1 is 1.37 bits per heavy atom. The number of halogens is 1. The Bertz CT molecular complexity index is 501. The molecule has 0 radical (unpaired) electrons. The van der Waals surface area contributed by atoms with Gasteiger partial charge in [0.1, 0.15) is 0 Å². The summed E-state index contributed by atoms with van der Waals surface area (Å²) in [7, 11) is 0. The molecule has 1 aromatic carbocycles. The zero-order chi connectivity index (χ0) is 13.7. The van der Waals surface area contributed by atoms with E-state index in [1.54, 1.807) is 24.3 Å². The molecular formula is C15H16ClNO2. The molecule has 19 heavy (non-hydrogen) atoms. The monoisotopic (exact) mass is 277 g/mol. The number of benzene rings is 1. The van der Waals surface area contributed by atoms with Gasteiger partial charge in [0.05, 0.1) is 0 Å². The molecule has 4 heteroatoms. The summed E-state index contributed by atoms with van der Waals surface area (Å²) >= 11 is 5.85. The van der Waals surface area contributed by atoms with E-state index in [4.69, 9.17) is 22.8 Å². The van der Waals surface area contributed by atoms with E-state index in [1.807, 2.05) is 0 Å². The Morgan fingerprint density at radius 2 is 2.11 bits per heavy atom. The molecule has 0 aromatic heterocycles. The zero-order valence-electron chi connectivity index (χ0n) is 10.6. The lowest BCUT2D eigenvalue weighted by Crippen LogP contribution is -2.37. The average molecular weight is 278 g/mol. The number of rotatable bonds is 2. The van der Waals surface area contributed by atoms with E-state index < -0.39 is 11.7 Å². The summed E-state index contributed by atoms with van der Waals surface area (Å²) in [5.74, 6) is 2.64. The normalized spacial score (nSPS) is 17.3. The van der Waals surface area contributed by atoms with Crippen molar-refractivity contribution in [1.82, 2.24) is 0 Å². The van der Waals surface area contributed by atoms with Gasteiger partial charge in [-0.1, -0.05) is 30.0 Å². The van der Waals surface area contributed by atoms with Crippen LogP contribution in [0.4, 0.5) is 10.5 Å². The highest BCUT2D eigenvalue weighted by atomic mass is 35.5. The van der Waals surface area contributed by atoms with Gasteiger partial charge in [0, 0.05) is 10.7 Å². The number of hydrogen-bond donors (Lipinski definition) is 1. The maximum Gasteiger partial charge on any atom is 0.413 e. The third-order valence-electron chi connectivity index (χ3n) is 3.28. The molecule has 0 heterocycles. The summed E-state index contributed by atoms with van der Waals surface area (Å²) in [4.78, 5) is 11.9. The van der Waals surface area contributed by atoms with E-state index >= 15 is 0 Å². The largest absolute Gasteiger partial charge is 0.429 e.